The summed E-state index contributed by atoms with van der Waals surface area (Å²) >= 11 is 6.10. The summed E-state index contributed by atoms with van der Waals surface area (Å²) in [5, 5.41) is 0.737. The van der Waals surface area contributed by atoms with Gasteiger partial charge in [-0.25, -0.2) is 4.98 Å². The van der Waals surface area contributed by atoms with Gasteiger partial charge in [0.1, 0.15) is 5.82 Å². The van der Waals surface area contributed by atoms with Crippen molar-refractivity contribution in [1.82, 2.24) is 9.55 Å². The number of nitrogens with two attached hydrogens (primary N) is 1. The number of nitrogens with zero attached hydrogens (tertiary/aromatic N) is 2. The number of aryl methyl sites for hydroxylation is 1. The molecule has 0 saturated heterocycles. The van der Waals surface area contributed by atoms with E-state index in [-0.39, 0.29) is 11.5 Å². The zero-order valence-electron chi connectivity index (χ0n) is 12.1. The van der Waals surface area contributed by atoms with Gasteiger partial charge >= 0.3 is 0 Å². The first-order chi connectivity index (χ1) is 8.84. The van der Waals surface area contributed by atoms with E-state index in [0.29, 0.717) is 0 Å². The first kappa shape index (κ1) is 14.4. The average Bonchev–Trinajstić information content (AvgIpc) is 2.66. The Bertz CT molecular complexity index is 581. The summed E-state index contributed by atoms with van der Waals surface area (Å²) in [6.07, 6.45) is 1.04. The Hall–Kier alpha value is -1.06. The van der Waals surface area contributed by atoms with Crippen molar-refractivity contribution in [2.75, 3.05) is 0 Å². The third-order valence-corrected chi connectivity index (χ3v) is 3.63. The number of aromatic nitrogens is 2. The molecule has 0 radical (unpaired) electrons. The molecule has 1 atom stereocenters. The molecule has 0 fully saturated rings. The quantitative estimate of drug-likeness (QED) is 0.917. The molecule has 0 aliphatic carbocycles. The SMILES string of the molecule is CCCn1c(C(N)C(C)(C)C)nc2ccc(Cl)cc21. The van der Waals surface area contributed by atoms with Gasteiger partial charge in [0.25, 0.3) is 0 Å². The first-order valence-corrected chi connectivity index (χ1v) is 7.13. The van der Waals surface area contributed by atoms with Crippen LogP contribution < -0.4 is 5.73 Å². The van der Waals surface area contributed by atoms with Gasteiger partial charge in [0, 0.05) is 11.6 Å². The van der Waals surface area contributed by atoms with E-state index < -0.39 is 0 Å². The molecule has 3 nitrogen and oxygen atoms in total. The zero-order valence-corrected chi connectivity index (χ0v) is 12.8. The fourth-order valence-corrected chi connectivity index (χ4v) is 2.36. The molecule has 0 aliphatic rings. The van der Waals surface area contributed by atoms with Crippen LogP contribution in [-0.2, 0) is 6.54 Å². The first-order valence-electron chi connectivity index (χ1n) is 6.76. The van der Waals surface area contributed by atoms with Crippen LogP contribution >= 0.6 is 11.6 Å². The highest BCUT2D eigenvalue weighted by atomic mass is 35.5. The highest BCUT2D eigenvalue weighted by molar-refractivity contribution is 6.31. The molecule has 0 aliphatic heterocycles. The summed E-state index contributed by atoms with van der Waals surface area (Å²) < 4.78 is 2.21. The van der Waals surface area contributed by atoms with Gasteiger partial charge in [0.15, 0.2) is 0 Å². The number of halogens is 1. The lowest BCUT2D eigenvalue weighted by molar-refractivity contribution is 0.308. The van der Waals surface area contributed by atoms with Crippen molar-refractivity contribution in [3.8, 4) is 0 Å². The highest BCUT2D eigenvalue weighted by Crippen LogP contribution is 2.32. The van der Waals surface area contributed by atoms with E-state index in [9.17, 15) is 0 Å². The number of hydrogen-bond donors (Lipinski definition) is 1. The molecule has 2 aromatic rings. The van der Waals surface area contributed by atoms with Crippen LogP contribution in [0.3, 0.4) is 0 Å². The molecule has 1 aromatic heterocycles. The van der Waals surface area contributed by atoms with Crippen molar-refractivity contribution in [3.63, 3.8) is 0 Å². The zero-order chi connectivity index (χ0) is 14.2. The summed E-state index contributed by atoms with van der Waals surface area (Å²) in [6, 6.07) is 5.71. The van der Waals surface area contributed by atoms with Crippen molar-refractivity contribution in [1.29, 1.82) is 0 Å². The van der Waals surface area contributed by atoms with E-state index in [2.05, 4.69) is 32.3 Å². The second-order valence-corrected chi connectivity index (χ2v) is 6.53. The van der Waals surface area contributed by atoms with Crippen LogP contribution in [-0.4, -0.2) is 9.55 Å². The molecule has 0 spiro atoms. The molecule has 19 heavy (non-hydrogen) atoms. The lowest BCUT2D eigenvalue weighted by Crippen LogP contribution is -2.29. The molecular formula is C15H22ClN3. The predicted octanol–water partition coefficient (Wildman–Crippen LogP) is 4.15. The van der Waals surface area contributed by atoms with Gasteiger partial charge < -0.3 is 10.3 Å². The Kier molecular flexibility index (Phi) is 3.88. The van der Waals surface area contributed by atoms with Crippen LogP contribution in [0.5, 0.6) is 0 Å². The van der Waals surface area contributed by atoms with Gasteiger partial charge in [0.2, 0.25) is 0 Å². The highest BCUT2D eigenvalue weighted by Gasteiger charge is 2.27. The van der Waals surface area contributed by atoms with Crippen molar-refractivity contribution in [3.05, 3.63) is 29.0 Å². The van der Waals surface area contributed by atoms with Crippen LogP contribution in [0.4, 0.5) is 0 Å². The second kappa shape index (κ2) is 5.14. The molecule has 0 bridgehead atoms. The van der Waals surface area contributed by atoms with Crippen molar-refractivity contribution in [2.45, 2.75) is 46.7 Å². The van der Waals surface area contributed by atoms with E-state index in [1.807, 2.05) is 18.2 Å². The summed E-state index contributed by atoms with van der Waals surface area (Å²) in [6.45, 7) is 9.49. The van der Waals surface area contributed by atoms with Crippen LogP contribution in [0.1, 0.15) is 46.0 Å². The molecule has 4 heteroatoms. The average molecular weight is 280 g/mol. The molecule has 2 rings (SSSR count). The van der Waals surface area contributed by atoms with Crippen molar-refractivity contribution < 1.29 is 0 Å². The minimum Gasteiger partial charge on any atom is -0.327 e. The largest absolute Gasteiger partial charge is 0.327 e. The molecule has 1 aromatic carbocycles. The van der Waals surface area contributed by atoms with Crippen LogP contribution in [0.15, 0.2) is 18.2 Å². The van der Waals surface area contributed by atoms with Crippen molar-refractivity contribution >= 4 is 22.6 Å². The maximum atomic E-state index is 6.39. The number of fused-ring (bicyclic) bond motifs is 1. The van der Waals surface area contributed by atoms with Crippen LogP contribution in [0.25, 0.3) is 11.0 Å². The van der Waals surface area contributed by atoms with Crippen LogP contribution in [0, 0.1) is 5.41 Å². The Labute approximate surface area is 119 Å². The van der Waals surface area contributed by atoms with E-state index in [0.717, 1.165) is 34.8 Å². The van der Waals surface area contributed by atoms with Gasteiger partial charge in [-0.15, -0.1) is 0 Å². The predicted molar refractivity (Wildman–Crippen MR) is 81.4 cm³/mol. The molecule has 104 valence electrons. The maximum Gasteiger partial charge on any atom is 0.127 e. The minimum atomic E-state index is -0.0924. The van der Waals surface area contributed by atoms with E-state index in [4.69, 9.17) is 22.3 Å². The number of imidazole rings is 1. The lowest BCUT2D eigenvalue weighted by atomic mass is 9.87. The summed E-state index contributed by atoms with van der Waals surface area (Å²) in [5.74, 6) is 0.951. The molecular weight excluding hydrogens is 258 g/mol. The fraction of sp³-hybridized carbons (Fsp3) is 0.533. The molecule has 0 saturated carbocycles. The summed E-state index contributed by atoms with van der Waals surface area (Å²) in [7, 11) is 0. The van der Waals surface area contributed by atoms with Gasteiger partial charge in [-0.05, 0) is 30.0 Å². The maximum absolute atomic E-state index is 6.39. The van der Waals surface area contributed by atoms with E-state index >= 15 is 0 Å². The Morgan fingerprint density at radius 1 is 1.37 bits per heavy atom. The minimum absolute atomic E-state index is 0.0172. The van der Waals surface area contributed by atoms with Gasteiger partial charge in [-0.1, -0.05) is 39.3 Å². The van der Waals surface area contributed by atoms with Gasteiger partial charge in [-0.3, -0.25) is 0 Å². The third kappa shape index (κ3) is 2.77. The fourth-order valence-electron chi connectivity index (χ4n) is 2.20. The summed E-state index contributed by atoms with van der Waals surface area (Å²) in [5.41, 5.74) is 8.41. The Morgan fingerprint density at radius 3 is 2.63 bits per heavy atom. The normalized spacial score (nSPS) is 14.0. The standard InChI is InChI=1S/C15H22ClN3/c1-5-8-19-12-9-10(16)6-7-11(12)18-14(19)13(17)15(2,3)4/h6-7,9,13H,5,8,17H2,1-4H3. The van der Waals surface area contributed by atoms with E-state index in [1.54, 1.807) is 0 Å². The molecule has 1 unspecified atom stereocenters. The lowest BCUT2D eigenvalue weighted by Gasteiger charge is -2.27. The number of hydrogen-bond acceptors (Lipinski definition) is 2. The summed E-state index contributed by atoms with van der Waals surface area (Å²) in [4.78, 5) is 4.72. The molecule has 0 amide bonds. The van der Waals surface area contributed by atoms with E-state index in [1.165, 1.54) is 0 Å². The van der Waals surface area contributed by atoms with Crippen molar-refractivity contribution in [2.24, 2.45) is 11.1 Å². The Balaban J connectivity index is 2.63. The van der Waals surface area contributed by atoms with Gasteiger partial charge in [-0.2, -0.15) is 0 Å². The third-order valence-electron chi connectivity index (χ3n) is 3.40. The number of benzene rings is 1. The molecule has 2 N–H and O–H groups in total. The number of rotatable bonds is 3. The van der Waals surface area contributed by atoms with Crippen LogP contribution in [0.2, 0.25) is 5.02 Å². The van der Waals surface area contributed by atoms with Gasteiger partial charge in [0.05, 0.1) is 17.1 Å². The second-order valence-electron chi connectivity index (χ2n) is 6.10. The Morgan fingerprint density at radius 2 is 2.05 bits per heavy atom. The smallest absolute Gasteiger partial charge is 0.127 e. The molecule has 1 heterocycles. The monoisotopic (exact) mass is 279 g/mol. The topological polar surface area (TPSA) is 43.8 Å².